The second-order valence-corrected chi connectivity index (χ2v) is 6.27. The van der Waals surface area contributed by atoms with Gasteiger partial charge in [-0.25, -0.2) is 0 Å². The molecule has 2 aromatic carbocycles. The Hall–Kier alpha value is -3.15. The maximum atomic E-state index is 12.8. The summed E-state index contributed by atoms with van der Waals surface area (Å²) in [6, 6.07) is 9.74. The summed E-state index contributed by atoms with van der Waals surface area (Å²) in [6.45, 7) is 0. The fraction of sp³-hybridized carbons (Fsp3) is 0.211. The molecule has 3 aromatic rings. The Labute approximate surface area is 143 Å². The van der Waals surface area contributed by atoms with Gasteiger partial charge in [-0.2, -0.15) is 0 Å². The molecule has 0 saturated heterocycles. The van der Waals surface area contributed by atoms with Gasteiger partial charge in [-0.05, 0) is 55.0 Å². The molecule has 1 heterocycles. The predicted octanol–water partition coefficient (Wildman–Crippen LogP) is 4.03. The molecule has 0 bridgehead atoms. The molecule has 4 rings (SSSR count). The van der Waals surface area contributed by atoms with Crippen LogP contribution in [0.15, 0.2) is 40.8 Å². The minimum atomic E-state index is -0.579. The molecule has 0 spiro atoms. The molecule has 6 heteroatoms. The Morgan fingerprint density at radius 3 is 2.52 bits per heavy atom. The van der Waals surface area contributed by atoms with E-state index >= 15 is 0 Å². The summed E-state index contributed by atoms with van der Waals surface area (Å²) in [5.74, 6) is -0.606. The van der Waals surface area contributed by atoms with Gasteiger partial charge in [-0.3, -0.25) is 14.9 Å². The van der Waals surface area contributed by atoms with Crippen molar-refractivity contribution in [3.05, 3.63) is 69.0 Å². The molecule has 1 aliphatic rings. The first kappa shape index (κ1) is 15.4. The van der Waals surface area contributed by atoms with Crippen LogP contribution in [-0.4, -0.2) is 10.7 Å². The minimum absolute atomic E-state index is 0.0250. The summed E-state index contributed by atoms with van der Waals surface area (Å²) in [5.41, 5.74) is 9.12. The van der Waals surface area contributed by atoms with Gasteiger partial charge in [0, 0.05) is 11.5 Å². The molecule has 1 aromatic heterocycles. The normalized spacial score (nSPS) is 13.6. The second-order valence-electron chi connectivity index (χ2n) is 6.27. The van der Waals surface area contributed by atoms with E-state index < -0.39 is 10.7 Å². The zero-order valence-electron chi connectivity index (χ0n) is 13.5. The Bertz CT molecular complexity index is 1020. The second kappa shape index (κ2) is 5.73. The van der Waals surface area contributed by atoms with E-state index in [1.807, 2.05) is 12.1 Å². The molecular weight excluding hydrogens is 320 g/mol. The lowest BCUT2D eigenvalue weighted by molar-refractivity contribution is -0.385. The molecule has 2 N–H and O–H groups in total. The molecule has 1 aliphatic carbocycles. The van der Waals surface area contributed by atoms with Crippen LogP contribution in [0.25, 0.3) is 11.0 Å². The number of para-hydroxylation sites is 1. The zero-order chi connectivity index (χ0) is 17.6. The van der Waals surface area contributed by atoms with Gasteiger partial charge in [0.25, 0.3) is 5.69 Å². The standard InChI is InChI=1S/C19H16N2O4/c20-17-14-9-11-5-1-2-6-12(11)10-16(14)25-19(17)18(22)13-7-3-4-8-15(13)21(23)24/h3-4,7-10H,1-2,5-6,20H2. The van der Waals surface area contributed by atoms with Gasteiger partial charge < -0.3 is 10.2 Å². The summed E-state index contributed by atoms with van der Waals surface area (Å²) in [4.78, 5) is 23.4. The highest BCUT2D eigenvalue weighted by Gasteiger charge is 2.27. The highest BCUT2D eigenvalue weighted by atomic mass is 16.6. The first-order valence-electron chi connectivity index (χ1n) is 8.18. The molecule has 25 heavy (non-hydrogen) atoms. The van der Waals surface area contributed by atoms with Crippen LogP contribution in [0.1, 0.15) is 40.1 Å². The van der Waals surface area contributed by atoms with Crippen molar-refractivity contribution in [2.45, 2.75) is 25.7 Å². The minimum Gasteiger partial charge on any atom is -0.450 e. The van der Waals surface area contributed by atoms with Crippen molar-refractivity contribution in [2.24, 2.45) is 0 Å². The third-order valence-corrected chi connectivity index (χ3v) is 4.74. The number of nitrogen functional groups attached to an aromatic ring is 1. The Morgan fingerprint density at radius 2 is 1.80 bits per heavy atom. The van der Waals surface area contributed by atoms with Crippen molar-refractivity contribution in [1.29, 1.82) is 0 Å². The number of aryl methyl sites for hydroxylation is 2. The van der Waals surface area contributed by atoms with Crippen LogP contribution < -0.4 is 5.73 Å². The van der Waals surface area contributed by atoms with Crippen LogP contribution in [0.2, 0.25) is 0 Å². The number of nitro groups is 1. The van der Waals surface area contributed by atoms with E-state index in [9.17, 15) is 14.9 Å². The summed E-state index contributed by atoms with van der Waals surface area (Å²) in [6.07, 6.45) is 4.25. The highest BCUT2D eigenvalue weighted by Crippen LogP contribution is 2.35. The number of nitro benzene ring substituents is 1. The molecule has 0 saturated carbocycles. The lowest BCUT2D eigenvalue weighted by atomic mass is 9.90. The molecule has 0 amide bonds. The summed E-state index contributed by atoms with van der Waals surface area (Å²) >= 11 is 0. The Balaban J connectivity index is 1.86. The molecule has 126 valence electrons. The largest absolute Gasteiger partial charge is 0.450 e. The molecule has 0 radical (unpaired) electrons. The van der Waals surface area contributed by atoms with Crippen molar-refractivity contribution >= 4 is 28.1 Å². The molecular formula is C19H16N2O4. The average molecular weight is 336 g/mol. The van der Waals surface area contributed by atoms with Crippen molar-refractivity contribution in [3.63, 3.8) is 0 Å². The average Bonchev–Trinajstić information content (AvgIpc) is 2.95. The van der Waals surface area contributed by atoms with Gasteiger partial charge in [0.05, 0.1) is 10.6 Å². The number of fused-ring (bicyclic) bond motifs is 2. The van der Waals surface area contributed by atoms with Crippen molar-refractivity contribution in [2.75, 3.05) is 5.73 Å². The molecule has 0 unspecified atom stereocenters. The topological polar surface area (TPSA) is 99.4 Å². The smallest absolute Gasteiger partial charge is 0.280 e. The first-order chi connectivity index (χ1) is 12.1. The van der Waals surface area contributed by atoms with Gasteiger partial charge in [0.1, 0.15) is 11.1 Å². The summed E-state index contributed by atoms with van der Waals surface area (Å²) in [5, 5.41) is 11.9. The van der Waals surface area contributed by atoms with E-state index in [-0.39, 0.29) is 22.7 Å². The lowest BCUT2D eigenvalue weighted by Crippen LogP contribution is -2.06. The van der Waals surface area contributed by atoms with Crippen LogP contribution >= 0.6 is 0 Å². The third-order valence-electron chi connectivity index (χ3n) is 4.74. The molecule has 0 atom stereocenters. The molecule has 6 nitrogen and oxygen atoms in total. The summed E-state index contributed by atoms with van der Waals surface area (Å²) in [7, 11) is 0. The predicted molar refractivity (Wildman–Crippen MR) is 93.8 cm³/mol. The van der Waals surface area contributed by atoms with E-state index in [0.29, 0.717) is 11.0 Å². The van der Waals surface area contributed by atoms with Crippen LogP contribution in [0, 0.1) is 10.1 Å². The quantitative estimate of drug-likeness (QED) is 0.442. The van der Waals surface area contributed by atoms with Crippen LogP contribution in [0.5, 0.6) is 0 Å². The van der Waals surface area contributed by atoms with Crippen molar-refractivity contribution < 1.29 is 14.1 Å². The summed E-state index contributed by atoms with van der Waals surface area (Å²) < 4.78 is 5.72. The number of hydrogen-bond acceptors (Lipinski definition) is 5. The first-order valence-corrected chi connectivity index (χ1v) is 8.18. The Morgan fingerprint density at radius 1 is 1.12 bits per heavy atom. The van der Waals surface area contributed by atoms with Gasteiger partial charge in [-0.15, -0.1) is 0 Å². The highest BCUT2D eigenvalue weighted by molar-refractivity contribution is 6.16. The van der Waals surface area contributed by atoms with Crippen molar-refractivity contribution in [3.8, 4) is 0 Å². The number of nitrogens with zero attached hydrogens (tertiary/aromatic N) is 1. The maximum Gasteiger partial charge on any atom is 0.280 e. The van der Waals surface area contributed by atoms with Crippen molar-refractivity contribution in [1.82, 2.24) is 0 Å². The van der Waals surface area contributed by atoms with Crippen LogP contribution in [0.4, 0.5) is 11.4 Å². The van der Waals surface area contributed by atoms with Gasteiger partial charge >= 0.3 is 0 Å². The third kappa shape index (κ3) is 2.46. The number of benzene rings is 2. The van der Waals surface area contributed by atoms with E-state index in [2.05, 4.69) is 0 Å². The number of rotatable bonds is 3. The van der Waals surface area contributed by atoms with E-state index in [4.69, 9.17) is 10.2 Å². The maximum absolute atomic E-state index is 12.8. The number of carbonyl (C=O) groups excluding carboxylic acids is 1. The SMILES string of the molecule is Nc1c(C(=O)c2ccccc2[N+](=O)[O-])oc2cc3c(cc12)CCCC3. The molecule has 0 fully saturated rings. The van der Waals surface area contributed by atoms with Gasteiger partial charge in [0.15, 0.2) is 5.76 Å². The number of hydrogen-bond donors (Lipinski definition) is 1. The van der Waals surface area contributed by atoms with Gasteiger partial charge in [0.2, 0.25) is 5.78 Å². The number of carbonyl (C=O) groups is 1. The number of ketones is 1. The van der Waals surface area contributed by atoms with Crippen LogP contribution in [0.3, 0.4) is 0 Å². The Kier molecular flexibility index (Phi) is 3.53. The molecule has 0 aliphatic heterocycles. The monoisotopic (exact) mass is 336 g/mol. The zero-order valence-corrected chi connectivity index (χ0v) is 13.5. The number of furan rings is 1. The van der Waals surface area contributed by atoms with E-state index in [1.54, 1.807) is 6.07 Å². The van der Waals surface area contributed by atoms with E-state index in [0.717, 1.165) is 25.7 Å². The lowest BCUT2D eigenvalue weighted by Gasteiger charge is -2.14. The number of anilines is 1. The fourth-order valence-corrected chi connectivity index (χ4v) is 3.46. The van der Waals surface area contributed by atoms with Crippen LogP contribution in [-0.2, 0) is 12.8 Å². The van der Waals surface area contributed by atoms with E-state index in [1.165, 1.54) is 29.3 Å². The number of nitrogens with two attached hydrogens (primary N) is 1. The van der Waals surface area contributed by atoms with Gasteiger partial charge in [-0.1, -0.05) is 12.1 Å². The fourth-order valence-electron chi connectivity index (χ4n) is 3.46.